The molecule has 0 amide bonds. The van der Waals surface area contributed by atoms with Gasteiger partial charge in [-0.3, -0.25) is 4.98 Å². The topological polar surface area (TPSA) is 29.0 Å². The molecule has 0 bridgehead atoms. The van der Waals surface area contributed by atoms with Gasteiger partial charge >= 0.3 is 0 Å². The first kappa shape index (κ1) is 15.4. The van der Waals surface area contributed by atoms with E-state index < -0.39 is 0 Å². The summed E-state index contributed by atoms with van der Waals surface area (Å²) in [6.45, 7) is 6.46. The van der Waals surface area contributed by atoms with Gasteiger partial charge in [-0.1, -0.05) is 37.6 Å². The van der Waals surface area contributed by atoms with Gasteiger partial charge in [0, 0.05) is 48.7 Å². The van der Waals surface area contributed by atoms with Gasteiger partial charge in [0.25, 0.3) is 0 Å². The number of hydrogen-bond donors (Lipinski definition) is 0. The van der Waals surface area contributed by atoms with Gasteiger partial charge in [-0.15, -0.1) is 0 Å². The summed E-state index contributed by atoms with van der Waals surface area (Å²) in [5.41, 5.74) is 3.89. The summed E-state index contributed by atoms with van der Waals surface area (Å²) in [6, 6.07) is 10.6. The van der Waals surface area contributed by atoms with Crippen LogP contribution >= 0.6 is 11.6 Å². The van der Waals surface area contributed by atoms with E-state index in [4.69, 9.17) is 11.6 Å². The predicted octanol–water partition coefficient (Wildman–Crippen LogP) is 5.01. The van der Waals surface area contributed by atoms with E-state index >= 15 is 0 Å². The van der Waals surface area contributed by atoms with Crippen molar-refractivity contribution < 1.29 is 0 Å². The molecule has 0 radical (unpaired) electrons. The smallest absolute Gasteiger partial charge is 0.129 e. The summed E-state index contributed by atoms with van der Waals surface area (Å²) in [4.78, 5) is 11.0. The Morgan fingerprint density at radius 2 is 1.96 bits per heavy atom. The first-order chi connectivity index (χ1) is 11.6. The second-order valence-corrected chi connectivity index (χ2v) is 7.16. The van der Waals surface area contributed by atoms with Crippen LogP contribution in [0.2, 0.25) is 5.15 Å². The average Bonchev–Trinajstić information content (AvgIpc) is 2.54. The van der Waals surface area contributed by atoms with Gasteiger partial charge in [0.2, 0.25) is 0 Å². The average molecular weight is 338 g/mol. The van der Waals surface area contributed by atoms with Crippen molar-refractivity contribution in [2.45, 2.75) is 25.7 Å². The van der Waals surface area contributed by atoms with Gasteiger partial charge < -0.3 is 4.90 Å². The maximum absolute atomic E-state index is 6.15. The van der Waals surface area contributed by atoms with Crippen LogP contribution in [-0.2, 0) is 0 Å². The van der Waals surface area contributed by atoms with Crippen LogP contribution in [0.3, 0.4) is 0 Å². The largest absolute Gasteiger partial charge is 0.370 e. The summed E-state index contributed by atoms with van der Waals surface area (Å²) >= 11 is 6.15. The van der Waals surface area contributed by atoms with Crippen molar-refractivity contribution in [1.82, 2.24) is 9.97 Å². The highest BCUT2D eigenvalue weighted by molar-refractivity contribution is 6.30. The molecule has 4 heteroatoms. The third kappa shape index (κ3) is 2.63. The molecular formula is C20H20ClN3. The van der Waals surface area contributed by atoms with Crippen molar-refractivity contribution in [2.75, 3.05) is 18.0 Å². The molecule has 0 unspecified atom stereocenters. The number of rotatable bonds is 3. The summed E-state index contributed by atoms with van der Waals surface area (Å²) in [5, 5.41) is 2.96. The lowest BCUT2D eigenvalue weighted by Crippen LogP contribution is -2.45. The van der Waals surface area contributed by atoms with Crippen LogP contribution in [0, 0.1) is 0 Å². The zero-order valence-electron chi connectivity index (χ0n) is 13.9. The number of anilines is 1. The zero-order valence-corrected chi connectivity index (χ0v) is 14.7. The van der Waals surface area contributed by atoms with Gasteiger partial charge in [-0.05, 0) is 40.6 Å². The third-order valence-electron chi connectivity index (χ3n) is 4.88. The van der Waals surface area contributed by atoms with Crippen LogP contribution in [0.5, 0.6) is 0 Å². The molecule has 3 aromatic rings. The molecule has 0 N–H and O–H groups in total. The Hall–Kier alpha value is -2.13. The van der Waals surface area contributed by atoms with Gasteiger partial charge in [0.1, 0.15) is 5.15 Å². The van der Waals surface area contributed by atoms with Crippen LogP contribution in [0.25, 0.3) is 10.8 Å². The summed E-state index contributed by atoms with van der Waals surface area (Å²) < 4.78 is 0. The van der Waals surface area contributed by atoms with E-state index in [1.54, 1.807) is 0 Å². The lowest BCUT2D eigenvalue weighted by atomic mass is 9.90. The van der Waals surface area contributed by atoms with E-state index in [1.165, 1.54) is 27.6 Å². The number of aromatic nitrogens is 2. The van der Waals surface area contributed by atoms with E-state index in [2.05, 4.69) is 46.9 Å². The molecule has 0 spiro atoms. The number of benzene rings is 1. The molecule has 0 saturated carbocycles. The van der Waals surface area contributed by atoms with E-state index in [0.29, 0.717) is 17.0 Å². The van der Waals surface area contributed by atoms with Crippen molar-refractivity contribution in [3.8, 4) is 0 Å². The van der Waals surface area contributed by atoms with E-state index in [-0.39, 0.29) is 0 Å². The minimum Gasteiger partial charge on any atom is -0.370 e. The fourth-order valence-corrected chi connectivity index (χ4v) is 3.66. The maximum atomic E-state index is 6.15. The molecule has 1 saturated heterocycles. The Kier molecular flexibility index (Phi) is 3.89. The fourth-order valence-electron chi connectivity index (χ4n) is 3.50. The number of halogens is 1. The Bertz CT molecular complexity index is 871. The molecule has 4 rings (SSSR count). The number of hydrogen-bond acceptors (Lipinski definition) is 3. The Labute approximate surface area is 147 Å². The number of fused-ring (bicyclic) bond motifs is 1. The molecular weight excluding hydrogens is 318 g/mol. The molecule has 1 aromatic carbocycles. The minimum absolute atomic E-state index is 0.458. The van der Waals surface area contributed by atoms with Crippen molar-refractivity contribution >= 4 is 28.1 Å². The summed E-state index contributed by atoms with van der Waals surface area (Å²) in [5.74, 6) is 1.01. The van der Waals surface area contributed by atoms with Gasteiger partial charge in [0.05, 0.1) is 0 Å². The van der Waals surface area contributed by atoms with Gasteiger partial charge in [-0.2, -0.15) is 0 Å². The molecule has 3 heterocycles. The highest BCUT2D eigenvalue weighted by atomic mass is 35.5. The van der Waals surface area contributed by atoms with Crippen LogP contribution < -0.4 is 4.90 Å². The maximum Gasteiger partial charge on any atom is 0.129 e. The highest BCUT2D eigenvalue weighted by Crippen LogP contribution is 2.38. The summed E-state index contributed by atoms with van der Waals surface area (Å²) in [6.07, 6.45) is 5.72. The van der Waals surface area contributed by atoms with Crippen molar-refractivity contribution in [3.63, 3.8) is 0 Å². The van der Waals surface area contributed by atoms with Crippen LogP contribution in [0.1, 0.15) is 36.8 Å². The SMILES string of the molecule is CC(C)c1ccc(N2CC(c3cccnc3)C2)c2cnc(Cl)cc12. The van der Waals surface area contributed by atoms with Crippen LogP contribution in [0.4, 0.5) is 5.69 Å². The van der Waals surface area contributed by atoms with Crippen LogP contribution in [-0.4, -0.2) is 23.1 Å². The molecule has 0 aliphatic carbocycles. The molecule has 24 heavy (non-hydrogen) atoms. The lowest BCUT2D eigenvalue weighted by Gasteiger charge is -2.42. The first-order valence-corrected chi connectivity index (χ1v) is 8.74. The predicted molar refractivity (Wildman–Crippen MR) is 100 cm³/mol. The highest BCUT2D eigenvalue weighted by Gasteiger charge is 2.29. The monoisotopic (exact) mass is 337 g/mol. The molecule has 3 nitrogen and oxygen atoms in total. The second-order valence-electron chi connectivity index (χ2n) is 6.77. The van der Waals surface area contributed by atoms with Gasteiger partial charge in [-0.25, -0.2) is 4.98 Å². The quantitative estimate of drug-likeness (QED) is 0.629. The minimum atomic E-state index is 0.458. The standard InChI is InChI=1S/C20H20ClN3/c1-13(2)16-5-6-19(18-10-23-20(21)8-17(16)18)24-11-15(12-24)14-4-3-7-22-9-14/h3-10,13,15H,11-12H2,1-2H3. The van der Waals surface area contributed by atoms with Crippen molar-refractivity contribution in [1.29, 1.82) is 0 Å². The molecule has 0 atom stereocenters. The number of nitrogens with zero attached hydrogens (tertiary/aromatic N) is 3. The molecule has 1 aliphatic heterocycles. The summed E-state index contributed by atoms with van der Waals surface area (Å²) in [7, 11) is 0. The van der Waals surface area contributed by atoms with Crippen LogP contribution in [0.15, 0.2) is 48.9 Å². The first-order valence-electron chi connectivity index (χ1n) is 8.36. The van der Waals surface area contributed by atoms with E-state index in [0.717, 1.165) is 13.1 Å². The van der Waals surface area contributed by atoms with Gasteiger partial charge in [0.15, 0.2) is 0 Å². The zero-order chi connectivity index (χ0) is 16.7. The van der Waals surface area contributed by atoms with Crippen molar-refractivity contribution in [3.05, 3.63) is 65.2 Å². The Balaban J connectivity index is 1.68. The number of pyridine rings is 2. The van der Waals surface area contributed by atoms with E-state index in [9.17, 15) is 0 Å². The fraction of sp³-hybridized carbons (Fsp3) is 0.300. The molecule has 1 aliphatic rings. The molecule has 1 fully saturated rings. The second kappa shape index (κ2) is 6.06. The van der Waals surface area contributed by atoms with E-state index in [1.807, 2.05) is 30.7 Å². The normalized spacial score (nSPS) is 15.1. The van der Waals surface area contributed by atoms with Crippen molar-refractivity contribution in [2.24, 2.45) is 0 Å². The molecule has 122 valence electrons. The lowest BCUT2D eigenvalue weighted by molar-refractivity contribution is 0.525. The Morgan fingerprint density at radius 3 is 2.67 bits per heavy atom. The molecule has 2 aromatic heterocycles. The third-order valence-corrected chi connectivity index (χ3v) is 5.09. The Morgan fingerprint density at radius 1 is 1.12 bits per heavy atom.